The fraction of sp³-hybridized carbons (Fsp3) is 0.750. The topological polar surface area (TPSA) is 50.2 Å². The van der Waals surface area contributed by atoms with Crippen molar-refractivity contribution in [3.63, 3.8) is 0 Å². The Kier molecular flexibility index (Phi) is 5.79. The van der Waals surface area contributed by atoms with E-state index in [1.54, 1.807) is 16.9 Å². The average molecular weight is 292 g/mol. The van der Waals surface area contributed by atoms with Gasteiger partial charge in [0.15, 0.2) is 0 Å². The Morgan fingerprint density at radius 2 is 2.14 bits per heavy atom. The van der Waals surface area contributed by atoms with E-state index < -0.39 is 0 Å². The zero-order chi connectivity index (χ0) is 15.2. The summed E-state index contributed by atoms with van der Waals surface area (Å²) >= 11 is 0. The smallest absolute Gasteiger partial charge is 0.268 e. The maximum Gasteiger partial charge on any atom is 0.268 e. The summed E-state index contributed by atoms with van der Waals surface area (Å²) in [5.74, 6) is 0.677. The van der Waals surface area contributed by atoms with Crippen LogP contribution < -0.4 is 15.8 Å². The van der Waals surface area contributed by atoms with Crippen LogP contribution in [0.5, 0.6) is 0 Å². The molecule has 1 aliphatic rings. The molecule has 5 nitrogen and oxygen atoms in total. The summed E-state index contributed by atoms with van der Waals surface area (Å²) in [5.41, 5.74) is 0.883. The van der Waals surface area contributed by atoms with E-state index in [0.717, 1.165) is 18.8 Å². The van der Waals surface area contributed by atoms with Gasteiger partial charge in [-0.1, -0.05) is 19.8 Å². The second kappa shape index (κ2) is 7.59. The van der Waals surface area contributed by atoms with Gasteiger partial charge >= 0.3 is 0 Å². The largest absolute Gasteiger partial charge is 0.373 e. The Hall–Kier alpha value is -1.36. The van der Waals surface area contributed by atoms with Crippen molar-refractivity contribution in [3.8, 4) is 0 Å². The molecule has 1 aliphatic carbocycles. The van der Waals surface area contributed by atoms with Crippen molar-refractivity contribution in [3.05, 3.63) is 22.6 Å². The lowest BCUT2D eigenvalue weighted by molar-refractivity contribution is 0.311. The molecule has 1 fully saturated rings. The van der Waals surface area contributed by atoms with Crippen molar-refractivity contribution in [1.82, 2.24) is 15.1 Å². The fourth-order valence-corrected chi connectivity index (χ4v) is 3.14. The lowest BCUT2D eigenvalue weighted by Gasteiger charge is -2.25. The zero-order valence-corrected chi connectivity index (χ0v) is 13.5. The average Bonchev–Trinajstić information content (AvgIpc) is 3.02. The second-order valence-electron chi connectivity index (χ2n) is 5.96. The molecule has 0 amide bonds. The number of aromatic nitrogens is 2. The van der Waals surface area contributed by atoms with Crippen LogP contribution in [0.4, 0.5) is 5.69 Å². The summed E-state index contributed by atoms with van der Waals surface area (Å²) in [6, 6.07) is 2.05. The first kappa shape index (κ1) is 16.0. The van der Waals surface area contributed by atoms with Crippen LogP contribution in [-0.2, 0) is 6.54 Å². The van der Waals surface area contributed by atoms with Gasteiger partial charge in [-0.3, -0.25) is 4.79 Å². The summed E-state index contributed by atoms with van der Waals surface area (Å²) in [4.78, 5) is 14.3. The minimum absolute atomic E-state index is 0.00583. The van der Waals surface area contributed by atoms with Gasteiger partial charge in [-0.2, -0.15) is 5.10 Å². The summed E-state index contributed by atoms with van der Waals surface area (Å²) in [5, 5.41) is 7.90. The zero-order valence-electron chi connectivity index (χ0n) is 13.5. The Balaban J connectivity index is 2.11. The van der Waals surface area contributed by atoms with Crippen LogP contribution in [0.25, 0.3) is 0 Å². The molecule has 1 heterocycles. The first-order chi connectivity index (χ1) is 10.2. The maximum absolute atomic E-state index is 12.3. The maximum atomic E-state index is 12.3. The minimum Gasteiger partial charge on any atom is -0.373 e. The molecular weight excluding hydrogens is 264 g/mol. The third-order valence-electron chi connectivity index (χ3n) is 4.58. The van der Waals surface area contributed by atoms with Crippen LogP contribution in [0.2, 0.25) is 0 Å². The second-order valence-corrected chi connectivity index (χ2v) is 5.96. The predicted molar refractivity (Wildman–Crippen MR) is 86.9 cm³/mol. The first-order valence-electron chi connectivity index (χ1n) is 8.17. The molecule has 1 aromatic heterocycles. The van der Waals surface area contributed by atoms with Crippen LogP contribution in [0.1, 0.15) is 39.5 Å². The number of likely N-dealkylation sites (N-methyl/N-ethyl adjacent to an activating group) is 1. The summed E-state index contributed by atoms with van der Waals surface area (Å²) in [6.07, 6.45) is 6.96. The Morgan fingerprint density at radius 1 is 1.43 bits per heavy atom. The third kappa shape index (κ3) is 4.06. The highest BCUT2D eigenvalue weighted by atomic mass is 16.1. The van der Waals surface area contributed by atoms with Gasteiger partial charge in [0, 0.05) is 25.7 Å². The summed E-state index contributed by atoms with van der Waals surface area (Å²) in [7, 11) is 1.97. The normalized spacial score (nSPS) is 17.1. The van der Waals surface area contributed by atoms with E-state index in [2.05, 4.69) is 24.3 Å². The predicted octanol–water partition coefficient (Wildman–Crippen LogP) is 1.87. The van der Waals surface area contributed by atoms with Gasteiger partial charge < -0.3 is 10.2 Å². The number of rotatable bonds is 7. The van der Waals surface area contributed by atoms with Gasteiger partial charge in [0.1, 0.15) is 0 Å². The van der Waals surface area contributed by atoms with Crippen LogP contribution in [0.15, 0.2) is 17.1 Å². The van der Waals surface area contributed by atoms with Crippen LogP contribution in [0.3, 0.4) is 0 Å². The van der Waals surface area contributed by atoms with Gasteiger partial charge in [0.25, 0.3) is 5.56 Å². The molecule has 2 rings (SSSR count). The molecule has 0 aromatic carbocycles. The Bertz CT molecular complexity index is 493. The number of anilines is 1. The van der Waals surface area contributed by atoms with Crippen molar-refractivity contribution < 1.29 is 0 Å². The molecule has 0 aliphatic heterocycles. The van der Waals surface area contributed by atoms with Crippen molar-refractivity contribution in [2.45, 2.75) is 52.1 Å². The summed E-state index contributed by atoms with van der Waals surface area (Å²) in [6.45, 7) is 6.66. The van der Waals surface area contributed by atoms with Crippen LogP contribution in [-0.4, -0.2) is 36.0 Å². The third-order valence-corrected chi connectivity index (χ3v) is 4.58. The molecule has 1 unspecified atom stereocenters. The van der Waals surface area contributed by atoms with E-state index in [1.807, 2.05) is 11.9 Å². The molecule has 1 atom stereocenters. The van der Waals surface area contributed by atoms with Gasteiger partial charge in [-0.15, -0.1) is 0 Å². The van der Waals surface area contributed by atoms with Crippen LogP contribution in [0, 0.1) is 5.92 Å². The van der Waals surface area contributed by atoms with Gasteiger partial charge in [-0.25, -0.2) is 4.68 Å². The number of nitrogens with zero attached hydrogens (tertiary/aromatic N) is 3. The van der Waals surface area contributed by atoms with Gasteiger partial charge in [0.2, 0.25) is 0 Å². The Morgan fingerprint density at radius 3 is 2.71 bits per heavy atom. The van der Waals surface area contributed by atoms with E-state index >= 15 is 0 Å². The van der Waals surface area contributed by atoms with E-state index in [4.69, 9.17) is 0 Å². The molecule has 0 saturated heterocycles. The van der Waals surface area contributed by atoms with Crippen molar-refractivity contribution >= 4 is 5.69 Å². The molecule has 1 N–H and O–H groups in total. The first-order valence-corrected chi connectivity index (χ1v) is 8.17. The highest BCUT2D eigenvalue weighted by molar-refractivity contribution is 5.41. The van der Waals surface area contributed by atoms with Gasteiger partial charge in [0.05, 0.1) is 18.4 Å². The molecule has 1 saturated carbocycles. The molecule has 118 valence electrons. The number of nitrogens with one attached hydrogen (secondary N) is 1. The minimum atomic E-state index is -0.00583. The van der Waals surface area contributed by atoms with E-state index in [0.29, 0.717) is 18.5 Å². The molecule has 21 heavy (non-hydrogen) atoms. The number of hydrogen-bond acceptors (Lipinski definition) is 4. The number of hydrogen-bond donors (Lipinski definition) is 1. The van der Waals surface area contributed by atoms with Gasteiger partial charge in [-0.05, 0) is 32.2 Å². The molecule has 5 heteroatoms. The van der Waals surface area contributed by atoms with Crippen molar-refractivity contribution in [1.29, 1.82) is 0 Å². The molecule has 1 aromatic rings. The van der Waals surface area contributed by atoms with E-state index in [-0.39, 0.29) is 5.56 Å². The summed E-state index contributed by atoms with van der Waals surface area (Å²) < 4.78 is 1.61. The molecule has 0 bridgehead atoms. The molecule has 0 radical (unpaired) electrons. The fourth-order valence-electron chi connectivity index (χ4n) is 3.14. The van der Waals surface area contributed by atoms with Crippen molar-refractivity contribution in [2.75, 3.05) is 25.0 Å². The quantitative estimate of drug-likeness (QED) is 0.833. The monoisotopic (exact) mass is 292 g/mol. The van der Waals surface area contributed by atoms with E-state index in [9.17, 15) is 4.79 Å². The lowest BCUT2D eigenvalue weighted by atomic mass is 9.98. The molecular formula is C16H28N4O. The standard InChI is InChI=1S/C16H28N4O/c1-4-17-15(13-8-6-7-9-13)12-20-16(21)10-14(11-18-20)19(3)5-2/h10-11,13,15,17H,4-9,12H2,1-3H3. The highest BCUT2D eigenvalue weighted by Gasteiger charge is 2.25. The highest BCUT2D eigenvalue weighted by Crippen LogP contribution is 2.28. The lowest BCUT2D eigenvalue weighted by Crippen LogP contribution is -2.41. The Labute approximate surface area is 127 Å². The molecule has 0 spiro atoms. The van der Waals surface area contributed by atoms with Crippen molar-refractivity contribution in [2.24, 2.45) is 5.92 Å². The SMILES string of the molecule is CCNC(Cn1ncc(N(C)CC)cc1=O)C1CCCC1. The van der Waals surface area contributed by atoms with Crippen LogP contribution >= 0.6 is 0 Å². The van der Waals surface area contributed by atoms with E-state index in [1.165, 1.54) is 25.7 Å².